The number of carbonyl (C=O) groups excluding carboxylic acids is 1. The molecule has 0 fully saturated rings. The van der Waals surface area contributed by atoms with Gasteiger partial charge in [-0.05, 0) is 30.3 Å². The Bertz CT molecular complexity index is 648. The first-order valence-electron chi connectivity index (χ1n) is 5.80. The predicted octanol–water partition coefficient (Wildman–Crippen LogP) is 2.57. The summed E-state index contributed by atoms with van der Waals surface area (Å²) in [7, 11) is 1.86. The Morgan fingerprint density at radius 3 is 2.58 bits per heavy atom. The van der Waals surface area contributed by atoms with Gasteiger partial charge < -0.3 is 9.88 Å². The molecule has 0 radical (unpaired) electrons. The lowest BCUT2D eigenvalue weighted by Crippen LogP contribution is -2.13. The summed E-state index contributed by atoms with van der Waals surface area (Å²) >= 11 is 0. The molecule has 1 aromatic carbocycles. The normalized spacial score (nSPS) is 10.8. The maximum atomic E-state index is 12.0. The van der Waals surface area contributed by atoms with E-state index in [-0.39, 0.29) is 5.57 Å². The number of benzene rings is 1. The van der Waals surface area contributed by atoms with Crippen molar-refractivity contribution in [1.29, 1.82) is 5.26 Å². The smallest absolute Gasteiger partial charge is 0.266 e. The van der Waals surface area contributed by atoms with Crippen molar-refractivity contribution in [2.45, 2.75) is 0 Å². The van der Waals surface area contributed by atoms with E-state index in [9.17, 15) is 4.79 Å². The lowest BCUT2D eigenvalue weighted by Gasteiger charge is -2.04. The van der Waals surface area contributed by atoms with Crippen LogP contribution in [0.3, 0.4) is 0 Å². The Hall–Kier alpha value is -2.80. The van der Waals surface area contributed by atoms with Gasteiger partial charge in [0.2, 0.25) is 0 Å². The number of aromatic nitrogens is 1. The molecular weight excluding hydrogens is 238 g/mol. The van der Waals surface area contributed by atoms with Crippen LogP contribution in [-0.4, -0.2) is 10.5 Å². The zero-order chi connectivity index (χ0) is 13.7. The number of nitriles is 1. The Morgan fingerprint density at radius 1 is 1.26 bits per heavy atom. The molecule has 4 nitrogen and oxygen atoms in total. The van der Waals surface area contributed by atoms with Crippen LogP contribution in [0.5, 0.6) is 0 Å². The van der Waals surface area contributed by atoms with E-state index in [0.717, 1.165) is 5.69 Å². The predicted molar refractivity (Wildman–Crippen MR) is 74.1 cm³/mol. The largest absolute Gasteiger partial charge is 0.351 e. The summed E-state index contributed by atoms with van der Waals surface area (Å²) in [4.78, 5) is 12.0. The SMILES string of the molecule is Cn1cccc1C=C(C#N)C(=O)Nc1ccccc1. The minimum Gasteiger partial charge on any atom is -0.351 e. The van der Waals surface area contributed by atoms with Crippen LogP contribution in [0.15, 0.2) is 54.2 Å². The molecule has 94 valence electrons. The number of hydrogen-bond acceptors (Lipinski definition) is 2. The van der Waals surface area contributed by atoms with E-state index < -0.39 is 5.91 Å². The van der Waals surface area contributed by atoms with Crippen LogP contribution >= 0.6 is 0 Å². The van der Waals surface area contributed by atoms with Gasteiger partial charge in [0.1, 0.15) is 11.6 Å². The highest BCUT2D eigenvalue weighted by Crippen LogP contribution is 2.10. The van der Waals surface area contributed by atoms with Gasteiger partial charge in [-0.2, -0.15) is 5.26 Å². The molecule has 0 saturated carbocycles. The van der Waals surface area contributed by atoms with Gasteiger partial charge in [0, 0.05) is 24.6 Å². The van der Waals surface area contributed by atoms with Crippen molar-refractivity contribution in [3.8, 4) is 6.07 Å². The summed E-state index contributed by atoms with van der Waals surface area (Å²) < 4.78 is 1.84. The zero-order valence-electron chi connectivity index (χ0n) is 10.5. The summed E-state index contributed by atoms with van der Waals surface area (Å²) in [5, 5.41) is 11.8. The molecule has 0 spiro atoms. The summed E-state index contributed by atoms with van der Waals surface area (Å²) in [6.45, 7) is 0. The summed E-state index contributed by atoms with van der Waals surface area (Å²) in [5.41, 5.74) is 1.55. The molecule has 0 aliphatic carbocycles. The second-order valence-electron chi connectivity index (χ2n) is 4.03. The highest BCUT2D eigenvalue weighted by atomic mass is 16.1. The first-order chi connectivity index (χ1) is 9.20. The van der Waals surface area contributed by atoms with Crippen LogP contribution < -0.4 is 5.32 Å². The molecular formula is C15H13N3O. The lowest BCUT2D eigenvalue weighted by atomic mass is 10.2. The molecule has 2 rings (SSSR count). The highest BCUT2D eigenvalue weighted by molar-refractivity contribution is 6.09. The van der Waals surface area contributed by atoms with Gasteiger partial charge in [0.15, 0.2) is 0 Å². The van der Waals surface area contributed by atoms with Crippen LogP contribution in [-0.2, 0) is 11.8 Å². The molecule has 4 heteroatoms. The number of nitrogens with one attached hydrogen (secondary N) is 1. The van der Waals surface area contributed by atoms with E-state index in [1.54, 1.807) is 18.2 Å². The lowest BCUT2D eigenvalue weighted by molar-refractivity contribution is -0.112. The topological polar surface area (TPSA) is 57.8 Å². The van der Waals surface area contributed by atoms with E-state index in [1.165, 1.54) is 0 Å². The van der Waals surface area contributed by atoms with Crippen LogP contribution in [0.1, 0.15) is 5.69 Å². The monoisotopic (exact) mass is 251 g/mol. The maximum absolute atomic E-state index is 12.0. The van der Waals surface area contributed by atoms with Crippen molar-refractivity contribution in [3.63, 3.8) is 0 Å². The second kappa shape index (κ2) is 5.69. The molecule has 1 amide bonds. The van der Waals surface area contributed by atoms with Gasteiger partial charge in [0.25, 0.3) is 5.91 Å². The number of aryl methyl sites for hydroxylation is 1. The van der Waals surface area contributed by atoms with Crippen LogP contribution in [0, 0.1) is 11.3 Å². The van der Waals surface area contributed by atoms with Crippen molar-refractivity contribution in [2.75, 3.05) is 5.32 Å². The number of rotatable bonds is 3. The second-order valence-corrected chi connectivity index (χ2v) is 4.03. The van der Waals surface area contributed by atoms with E-state index in [4.69, 9.17) is 5.26 Å². The van der Waals surface area contributed by atoms with Crippen molar-refractivity contribution >= 4 is 17.7 Å². The van der Waals surface area contributed by atoms with E-state index >= 15 is 0 Å². The molecule has 1 aromatic heterocycles. The van der Waals surface area contributed by atoms with Crippen LogP contribution in [0.25, 0.3) is 6.08 Å². The molecule has 1 N–H and O–H groups in total. The van der Waals surface area contributed by atoms with Gasteiger partial charge >= 0.3 is 0 Å². The van der Waals surface area contributed by atoms with Gasteiger partial charge in [0.05, 0.1) is 0 Å². The molecule has 0 aliphatic heterocycles. The number of hydrogen-bond donors (Lipinski definition) is 1. The van der Waals surface area contributed by atoms with Gasteiger partial charge in [-0.3, -0.25) is 4.79 Å². The number of para-hydroxylation sites is 1. The minimum atomic E-state index is -0.407. The molecule has 19 heavy (non-hydrogen) atoms. The fourth-order valence-electron chi connectivity index (χ4n) is 1.64. The van der Waals surface area contributed by atoms with Crippen molar-refractivity contribution < 1.29 is 4.79 Å². The quantitative estimate of drug-likeness (QED) is 0.673. The van der Waals surface area contributed by atoms with Crippen LogP contribution in [0.2, 0.25) is 0 Å². The number of nitrogens with zero attached hydrogens (tertiary/aromatic N) is 2. The van der Waals surface area contributed by atoms with Crippen molar-refractivity contribution in [3.05, 3.63) is 59.9 Å². The Labute approximate surface area is 111 Å². The van der Waals surface area contributed by atoms with Gasteiger partial charge in [-0.1, -0.05) is 18.2 Å². The average molecular weight is 251 g/mol. The molecule has 0 saturated heterocycles. The first-order valence-corrected chi connectivity index (χ1v) is 5.80. The molecule has 2 aromatic rings. The van der Waals surface area contributed by atoms with Gasteiger partial charge in [-0.25, -0.2) is 0 Å². The van der Waals surface area contributed by atoms with Crippen LogP contribution in [0.4, 0.5) is 5.69 Å². The van der Waals surface area contributed by atoms with E-state index in [0.29, 0.717) is 5.69 Å². The number of anilines is 1. The fourth-order valence-corrected chi connectivity index (χ4v) is 1.64. The average Bonchev–Trinajstić information content (AvgIpc) is 2.82. The van der Waals surface area contributed by atoms with Crippen molar-refractivity contribution in [2.24, 2.45) is 7.05 Å². The third-order valence-corrected chi connectivity index (χ3v) is 2.67. The molecule has 0 atom stereocenters. The highest BCUT2D eigenvalue weighted by Gasteiger charge is 2.09. The maximum Gasteiger partial charge on any atom is 0.266 e. The standard InChI is InChI=1S/C15H13N3O/c1-18-9-5-8-14(18)10-12(11-16)15(19)17-13-6-3-2-4-7-13/h2-10H,1H3,(H,17,19). The summed E-state index contributed by atoms with van der Waals surface area (Å²) in [6, 6.07) is 14.7. The first kappa shape index (κ1) is 12.7. The molecule has 0 unspecified atom stereocenters. The summed E-state index contributed by atoms with van der Waals surface area (Å²) in [6.07, 6.45) is 3.42. The summed E-state index contributed by atoms with van der Waals surface area (Å²) in [5.74, 6) is -0.407. The molecule has 0 bridgehead atoms. The Kier molecular flexibility index (Phi) is 3.79. The van der Waals surface area contributed by atoms with Crippen molar-refractivity contribution in [1.82, 2.24) is 4.57 Å². The fraction of sp³-hybridized carbons (Fsp3) is 0.0667. The Balaban J connectivity index is 2.19. The third kappa shape index (κ3) is 3.11. The van der Waals surface area contributed by atoms with E-state index in [1.807, 2.05) is 54.2 Å². The molecule has 0 aliphatic rings. The minimum absolute atomic E-state index is 0.0747. The number of amides is 1. The number of carbonyl (C=O) groups is 1. The molecule has 1 heterocycles. The van der Waals surface area contributed by atoms with Gasteiger partial charge in [-0.15, -0.1) is 0 Å². The third-order valence-electron chi connectivity index (χ3n) is 2.67. The Morgan fingerprint density at radius 2 is 2.00 bits per heavy atom. The van der Waals surface area contributed by atoms with E-state index in [2.05, 4.69) is 5.32 Å². The zero-order valence-corrected chi connectivity index (χ0v) is 10.5.